The lowest BCUT2D eigenvalue weighted by atomic mass is 10.2. The van der Waals surface area contributed by atoms with Crippen molar-refractivity contribution < 1.29 is 31.1 Å². The summed E-state index contributed by atoms with van der Waals surface area (Å²) in [6, 6.07) is 8.32. The number of aromatic nitrogens is 3. The minimum atomic E-state index is -4.85. The molecule has 0 saturated carbocycles. The number of esters is 1. The third kappa shape index (κ3) is 4.69. The number of hydrogen-bond acceptors (Lipinski definition) is 7. The topological polar surface area (TPSA) is 94.4 Å². The summed E-state index contributed by atoms with van der Waals surface area (Å²) in [5.74, 6) is -0.265. The lowest BCUT2D eigenvalue weighted by molar-refractivity contribution is -0.142. The number of hydrogen-bond donors (Lipinski definition) is 0. The zero-order valence-electron chi connectivity index (χ0n) is 20.1. The summed E-state index contributed by atoms with van der Waals surface area (Å²) in [5.41, 5.74) is 1.50. The number of methoxy groups -OCH3 is 1. The fourth-order valence-corrected chi connectivity index (χ4v) is 6.49. The van der Waals surface area contributed by atoms with Crippen molar-refractivity contribution in [2.45, 2.75) is 49.6 Å². The van der Waals surface area contributed by atoms with Crippen LogP contribution in [0.2, 0.25) is 0 Å². The number of carbonyl (C=O) groups excluding carboxylic acids is 1. The van der Waals surface area contributed by atoms with Crippen LogP contribution in [-0.4, -0.2) is 54.1 Å². The summed E-state index contributed by atoms with van der Waals surface area (Å²) < 4.78 is 74.3. The standard InChI is InChI=1S/C24H25F3N4O4S/c1-14-9-17(10-15(2)28-14)31-22(11-16(3)29-31)30-13-18(12-20(30)23(32)35-4)36(33,34)21-8-6-5-7-19(21)24(25,26)27/h5-11,18,20H,12-13H2,1-4H3/t18-,20+/m1/s1. The van der Waals surface area contributed by atoms with Gasteiger partial charge in [-0.05, 0) is 51.5 Å². The third-order valence-corrected chi connectivity index (χ3v) is 8.28. The van der Waals surface area contributed by atoms with Gasteiger partial charge in [0, 0.05) is 24.0 Å². The molecule has 0 amide bonds. The molecule has 0 bridgehead atoms. The quantitative estimate of drug-likeness (QED) is 0.471. The van der Waals surface area contributed by atoms with Crippen molar-refractivity contribution in [3.05, 3.63) is 65.1 Å². The van der Waals surface area contributed by atoms with Crippen molar-refractivity contribution in [2.24, 2.45) is 0 Å². The molecule has 0 radical (unpaired) electrons. The number of rotatable bonds is 5. The van der Waals surface area contributed by atoms with Gasteiger partial charge in [-0.25, -0.2) is 17.9 Å². The fraction of sp³-hybridized carbons (Fsp3) is 0.375. The first-order chi connectivity index (χ1) is 16.8. The number of carbonyl (C=O) groups is 1. The van der Waals surface area contributed by atoms with Gasteiger partial charge in [-0.1, -0.05) is 12.1 Å². The SMILES string of the molecule is COC(=O)[C@@H]1C[C@@H](S(=O)(=O)c2ccccc2C(F)(F)F)CN1c1cc(C)nn1-c1cc(C)nc(C)c1. The molecule has 0 aliphatic carbocycles. The van der Waals surface area contributed by atoms with E-state index in [-0.39, 0.29) is 13.0 Å². The molecular formula is C24H25F3N4O4S. The van der Waals surface area contributed by atoms with Crippen molar-refractivity contribution in [3.63, 3.8) is 0 Å². The zero-order valence-corrected chi connectivity index (χ0v) is 20.9. The lowest BCUT2D eigenvalue weighted by Gasteiger charge is -2.25. The second-order valence-corrected chi connectivity index (χ2v) is 10.9. The maximum atomic E-state index is 13.6. The Balaban J connectivity index is 1.80. The molecule has 1 fully saturated rings. The largest absolute Gasteiger partial charge is 0.467 e. The molecule has 2 atom stereocenters. The highest BCUT2D eigenvalue weighted by Crippen LogP contribution is 2.39. The van der Waals surface area contributed by atoms with E-state index in [1.807, 2.05) is 13.8 Å². The minimum Gasteiger partial charge on any atom is -0.467 e. The van der Waals surface area contributed by atoms with Crippen LogP contribution in [0.3, 0.4) is 0 Å². The minimum absolute atomic E-state index is 0.220. The van der Waals surface area contributed by atoms with E-state index in [1.54, 1.807) is 29.8 Å². The van der Waals surface area contributed by atoms with Crippen molar-refractivity contribution in [1.82, 2.24) is 14.8 Å². The highest BCUT2D eigenvalue weighted by molar-refractivity contribution is 7.92. The summed E-state index contributed by atoms with van der Waals surface area (Å²) in [6.45, 7) is 5.17. The zero-order chi connectivity index (χ0) is 26.4. The molecule has 36 heavy (non-hydrogen) atoms. The van der Waals surface area contributed by atoms with Crippen LogP contribution in [0.25, 0.3) is 5.69 Å². The normalized spacial score (nSPS) is 18.5. The molecule has 3 aromatic rings. The molecule has 1 aromatic carbocycles. The summed E-state index contributed by atoms with van der Waals surface area (Å²) in [7, 11) is -3.28. The molecule has 0 unspecified atom stereocenters. The average molecular weight is 523 g/mol. The summed E-state index contributed by atoms with van der Waals surface area (Å²) in [4.78, 5) is 17.8. The van der Waals surface area contributed by atoms with E-state index >= 15 is 0 Å². The lowest BCUT2D eigenvalue weighted by Crippen LogP contribution is -2.38. The molecule has 1 aliphatic rings. The molecule has 4 rings (SSSR count). The van der Waals surface area contributed by atoms with Gasteiger partial charge in [0.05, 0.1) is 34.2 Å². The van der Waals surface area contributed by atoms with E-state index in [2.05, 4.69) is 10.1 Å². The fourth-order valence-electron chi connectivity index (χ4n) is 4.58. The highest BCUT2D eigenvalue weighted by atomic mass is 32.2. The number of anilines is 1. The second kappa shape index (κ2) is 9.23. The second-order valence-electron chi connectivity index (χ2n) is 8.75. The van der Waals surface area contributed by atoms with Gasteiger partial charge < -0.3 is 9.64 Å². The Kier molecular flexibility index (Phi) is 6.58. The number of ether oxygens (including phenoxy) is 1. The van der Waals surface area contributed by atoms with Gasteiger partial charge in [-0.2, -0.15) is 18.3 Å². The van der Waals surface area contributed by atoms with Crippen molar-refractivity contribution in [2.75, 3.05) is 18.6 Å². The van der Waals surface area contributed by atoms with Gasteiger partial charge in [-0.3, -0.25) is 4.98 Å². The van der Waals surface area contributed by atoms with E-state index in [1.165, 1.54) is 18.1 Å². The van der Waals surface area contributed by atoms with Crippen LogP contribution in [-0.2, 0) is 25.5 Å². The first-order valence-corrected chi connectivity index (χ1v) is 12.6. The van der Waals surface area contributed by atoms with Crippen molar-refractivity contribution in [1.29, 1.82) is 0 Å². The van der Waals surface area contributed by atoms with E-state index in [0.29, 0.717) is 17.2 Å². The summed E-state index contributed by atoms with van der Waals surface area (Å²) >= 11 is 0. The number of sulfone groups is 1. The molecule has 2 aromatic heterocycles. The average Bonchev–Trinajstić information content (AvgIpc) is 3.41. The molecule has 1 aliphatic heterocycles. The van der Waals surface area contributed by atoms with Crippen LogP contribution in [0, 0.1) is 20.8 Å². The molecule has 0 N–H and O–H groups in total. The van der Waals surface area contributed by atoms with Gasteiger partial charge in [0.15, 0.2) is 9.84 Å². The Morgan fingerprint density at radius 1 is 1.06 bits per heavy atom. The molecule has 1 saturated heterocycles. The number of pyridine rings is 1. The van der Waals surface area contributed by atoms with Crippen LogP contribution < -0.4 is 4.90 Å². The van der Waals surface area contributed by atoms with E-state index in [0.717, 1.165) is 29.6 Å². The van der Waals surface area contributed by atoms with Crippen molar-refractivity contribution in [3.8, 4) is 5.69 Å². The Hall–Kier alpha value is -3.41. The van der Waals surface area contributed by atoms with E-state index < -0.39 is 43.7 Å². The van der Waals surface area contributed by atoms with Crippen LogP contribution in [0.4, 0.5) is 19.0 Å². The van der Waals surface area contributed by atoms with Gasteiger partial charge in [0.25, 0.3) is 0 Å². The van der Waals surface area contributed by atoms with Crippen LogP contribution in [0.5, 0.6) is 0 Å². The van der Waals surface area contributed by atoms with Gasteiger partial charge in [0.2, 0.25) is 0 Å². The van der Waals surface area contributed by atoms with Gasteiger partial charge >= 0.3 is 12.1 Å². The van der Waals surface area contributed by atoms with Crippen molar-refractivity contribution >= 4 is 21.6 Å². The monoisotopic (exact) mass is 522 g/mol. The number of halogens is 3. The van der Waals surface area contributed by atoms with Crippen LogP contribution >= 0.6 is 0 Å². The predicted octanol–water partition coefficient (Wildman–Crippen LogP) is 3.81. The first-order valence-electron chi connectivity index (χ1n) is 11.1. The summed E-state index contributed by atoms with van der Waals surface area (Å²) in [6.07, 6.45) is -5.09. The number of alkyl halides is 3. The van der Waals surface area contributed by atoms with E-state index in [9.17, 15) is 26.4 Å². The summed E-state index contributed by atoms with van der Waals surface area (Å²) in [5, 5.41) is 3.23. The number of benzene rings is 1. The highest BCUT2D eigenvalue weighted by Gasteiger charge is 2.47. The molecule has 8 nitrogen and oxygen atoms in total. The number of nitrogens with zero attached hydrogens (tertiary/aromatic N) is 4. The predicted molar refractivity (Wildman–Crippen MR) is 126 cm³/mol. The molecule has 0 spiro atoms. The third-order valence-electron chi connectivity index (χ3n) is 6.09. The Morgan fingerprint density at radius 2 is 1.69 bits per heavy atom. The van der Waals surface area contributed by atoms with Crippen LogP contribution in [0.15, 0.2) is 47.4 Å². The number of aryl methyl sites for hydroxylation is 3. The Labute approximate surface area is 206 Å². The van der Waals surface area contributed by atoms with E-state index in [4.69, 9.17) is 4.74 Å². The van der Waals surface area contributed by atoms with Crippen LogP contribution in [0.1, 0.15) is 29.1 Å². The van der Waals surface area contributed by atoms with Gasteiger partial charge in [-0.15, -0.1) is 0 Å². The maximum Gasteiger partial charge on any atom is 0.417 e. The van der Waals surface area contributed by atoms with Gasteiger partial charge in [0.1, 0.15) is 11.9 Å². The molecular weight excluding hydrogens is 497 g/mol. The molecule has 192 valence electrons. The molecule has 12 heteroatoms. The molecule has 3 heterocycles. The maximum absolute atomic E-state index is 13.6. The Morgan fingerprint density at radius 3 is 2.31 bits per heavy atom. The Bertz CT molecular complexity index is 1400. The first kappa shape index (κ1) is 25.7. The smallest absolute Gasteiger partial charge is 0.417 e.